The van der Waals surface area contributed by atoms with Gasteiger partial charge in [0, 0.05) is 18.8 Å². The fourth-order valence-electron chi connectivity index (χ4n) is 3.03. The molecule has 5 amide bonds. The van der Waals surface area contributed by atoms with E-state index in [4.69, 9.17) is 30.5 Å². The van der Waals surface area contributed by atoms with Crippen LogP contribution in [0.3, 0.4) is 0 Å². The number of benzene rings is 1. The van der Waals surface area contributed by atoms with Gasteiger partial charge in [0.05, 0.1) is 19.1 Å². The van der Waals surface area contributed by atoms with Crippen molar-refractivity contribution in [1.82, 2.24) is 15.5 Å². The predicted octanol–water partition coefficient (Wildman–Crippen LogP) is 2.55. The second-order valence-electron chi connectivity index (χ2n) is 9.21. The molecule has 0 fully saturated rings. The van der Waals surface area contributed by atoms with Gasteiger partial charge < -0.3 is 46.6 Å². The van der Waals surface area contributed by atoms with Crippen LogP contribution in [0.4, 0.5) is 15.3 Å². The molecule has 8 N–H and O–H groups in total. The van der Waals surface area contributed by atoms with Gasteiger partial charge in [-0.1, -0.05) is 32.9 Å². The summed E-state index contributed by atoms with van der Waals surface area (Å²) < 4.78 is 10.9. The molecular formula is C28H44N6O8. The molecule has 0 spiro atoms. The van der Waals surface area contributed by atoms with Crippen molar-refractivity contribution in [2.75, 3.05) is 25.0 Å². The minimum absolute atomic E-state index is 0.0153. The number of anilines is 1. The standard InChI is InChI=1S/C23H32N4O5.C4H10N2O.CH2O2/c1-5-27(13-19-11-6-16(4)32-19)23(30)31-14-17-7-9-18(10-8-17)26-20(28)12-25-22(29)21(24)15(2)3;1-2-3-6-4(5)7;2-1-3/h6-11,15,21H,5,12-14,24H2,1-4H3,(H,25,29)(H,26,28);2-3H2,1H3,(H3,5,6,7);1H,(H,2,3). The van der Waals surface area contributed by atoms with E-state index in [2.05, 4.69) is 16.0 Å². The number of rotatable bonds is 12. The van der Waals surface area contributed by atoms with Gasteiger partial charge in [-0.2, -0.15) is 0 Å². The number of amides is 5. The van der Waals surface area contributed by atoms with Crippen molar-refractivity contribution in [3.8, 4) is 0 Å². The molecule has 14 nitrogen and oxygen atoms in total. The van der Waals surface area contributed by atoms with Gasteiger partial charge in [-0.3, -0.25) is 14.4 Å². The minimum atomic E-state index is -0.656. The van der Waals surface area contributed by atoms with Crippen molar-refractivity contribution >= 4 is 36.1 Å². The van der Waals surface area contributed by atoms with E-state index in [0.717, 1.165) is 17.7 Å². The zero-order valence-corrected chi connectivity index (χ0v) is 24.8. The van der Waals surface area contributed by atoms with E-state index in [9.17, 15) is 19.2 Å². The molecule has 1 aromatic carbocycles. The number of carbonyl (C=O) groups excluding carboxylic acids is 4. The lowest BCUT2D eigenvalue weighted by atomic mass is 10.1. The van der Waals surface area contributed by atoms with Crippen molar-refractivity contribution in [3.63, 3.8) is 0 Å². The van der Waals surface area contributed by atoms with E-state index in [1.165, 1.54) is 0 Å². The summed E-state index contributed by atoms with van der Waals surface area (Å²) in [5.74, 6) is 0.746. The van der Waals surface area contributed by atoms with Crippen LogP contribution in [0.1, 0.15) is 51.2 Å². The van der Waals surface area contributed by atoms with Crippen molar-refractivity contribution in [1.29, 1.82) is 0 Å². The first-order valence-electron chi connectivity index (χ1n) is 13.4. The Morgan fingerprint density at radius 3 is 2.14 bits per heavy atom. The molecule has 0 saturated heterocycles. The Hall–Kier alpha value is -4.59. The smallest absolute Gasteiger partial charge is 0.410 e. The van der Waals surface area contributed by atoms with Crippen LogP contribution in [0.2, 0.25) is 0 Å². The summed E-state index contributed by atoms with van der Waals surface area (Å²) in [7, 11) is 0. The number of aryl methyl sites for hydroxylation is 1. The van der Waals surface area contributed by atoms with Gasteiger partial charge in [-0.05, 0) is 56.0 Å². The third-order valence-corrected chi connectivity index (χ3v) is 5.38. The lowest BCUT2D eigenvalue weighted by Crippen LogP contribution is -2.46. The molecule has 42 heavy (non-hydrogen) atoms. The summed E-state index contributed by atoms with van der Waals surface area (Å²) in [6.45, 7) is 10.5. The lowest BCUT2D eigenvalue weighted by Gasteiger charge is -2.19. The average molecular weight is 593 g/mol. The number of nitrogens with two attached hydrogens (primary N) is 2. The van der Waals surface area contributed by atoms with Crippen LogP contribution in [-0.2, 0) is 32.3 Å². The highest BCUT2D eigenvalue weighted by Crippen LogP contribution is 2.13. The third kappa shape index (κ3) is 16.5. The number of primary amides is 1. The average Bonchev–Trinajstić information content (AvgIpc) is 3.37. The van der Waals surface area contributed by atoms with Crippen LogP contribution >= 0.6 is 0 Å². The molecule has 2 rings (SSSR count). The number of urea groups is 1. The molecule has 0 aliphatic heterocycles. The third-order valence-electron chi connectivity index (χ3n) is 5.38. The number of ether oxygens (including phenoxy) is 1. The minimum Gasteiger partial charge on any atom is -0.483 e. The summed E-state index contributed by atoms with van der Waals surface area (Å²) in [4.78, 5) is 56.0. The highest BCUT2D eigenvalue weighted by molar-refractivity contribution is 5.95. The molecular weight excluding hydrogens is 548 g/mol. The first-order chi connectivity index (χ1) is 19.9. The first kappa shape index (κ1) is 37.4. The fourth-order valence-corrected chi connectivity index (χ4v) is 3.03. The van der Waals surface area contributed by atoms with Gasteiger partial charge in [-0.25, -0.2) is 9.59 Å². The zero-order valence-electron chi connectivity index (χ0n) is 24.8. The zero-order chi connectivity index (χ0) is 32.1. The van der Waals surface area contributed by atoms with Crippen LogP contribution in [0, 0.1) is 12.8 Å². The predicted molar refractivity (Wildman–Crippen MR) is 157 cm³/mol. The molecule has 0 bridgehead atoms. The molecule has 234 valence electrons. The quantitative estimate of drug-likeness (QED) is 0.199. The van der Waals surface area contributed by atoms with Crippen LogP contribution in [0.15, 0.2) is 40.8 Å². The van der Waals surface area contributed by atoms with Crippen LogP contribution in [-0.4, -0.2) is 66.1 Å². The highest BCUT2D eigenvalue weighted by Gasteiger charge is 2.18. The van der Waals surface area contributed by atoms with Crippen molar-refractivity contribution < 1.29 is 38.2 Å². The molecule has 2 aromatic rings. The number of furan rings is 1. The van der Waals surface area contributed by atoms with Gasteiger partial charge in [0.15, 0.2) is 0 Å². The molecule has 14 heteroatoms. The summed E-state index contributed by atoms with van der Waals surface area (Å²) in [6.07, 6.45) is 0.498. The Labute approximate surface area is 246 Å². The monoisotopic (exact) mass is 592 g/mol. The Kier molecular flexibility index (Phi) is 18.9. The maximum atomic E-state index is 12.3. The fraction of sp³-hybridized carbons (Fsp3) is 0.464. The van der Waals surface area contributed by atoms with E-state index in [1.54, 1.807) is 29.2 Å². The number of nitrogens with one attached hydrogen (secondary N) is 3. The molecule has 0 radical (unpaired) electrons. The molecule has 1 aromatic heterocycles. The Balaban J connectivity index is 0.00000144. The highest BCUT2D eigenvalue weighted by atomic mass is 16.6. The van der Waals surface area contributed by atoms with Crippen molar-refractivity contribution in [2.45, 2.75) is 60.2 Å². The molecule has 1 heterocycles. The second-order valence-corrected chi connectivity index (χ2v) is 9.21. The van der Waals surface area contributed by atoms with Crippen molar-refractivity contribution in [3.05, 3.63) is 53.5 Å². The maximum Gasteiger partial charge on any atom is 0.410 e. The van der Waals surface area contributed by atoms with Gasteiger partial charge >= 0.3 is 12.1 Å². The number of hydrogen-bond donors (Lipinski definition) is 6. The first-order valence-corrected chi connectivity index (χ1v) is 13.4. The molecule has 1 atom stereocenters. The molecule has 0 aliphatic carbocycles. The summed E-state index contributed by atoms with van der Waals surface area (Å²) in [5.41, 5.74) is 11.8. The van der Waals surface area contributed by atoms with E-state index >= 15 is 0 Å². The second kappa shape index (κ2) is 21.2. The van der Waals surface area contributed by atoms with Crippen molar-refractivity contribution in [2.24, 2.45) is 17.4 Å². The number of hydrogen-bond acceptors (Lipinski definition) is 8. The normalized spacial score (nSPS) is 10.5. The maximum absolute atomic E-state index is 12.3. The lowest BCUT2D eigenvalue weighted by molar-refractivity contribution is -0.125. The Morgan fingerprint density at radius 2 is 1.69 bits per heavy atom. The van der Waals surface area contributed by atoms with Gasteiger partial charge in [0.1, 0.15) is 18.1 Å². The number of nitrogens with zero attached hydrogens (tertiary/aromatic N) is 1. The molecule has 0 saturated carbocycles. The summed E-state index contributed by atoms with van der Waals surface area (Å²) in [6, 6.07) is 9.49. The van der Waals surface area contributed by atoms with E-state index in [-0.39, 0.29) is 37.4 Å². The largest absolute Gasteiger partial charge is 0.483 e. The van der Waals surface area contributed by atoms with Crippen LogP contribution < -0.4 is 27.4 Å². The SMILES string of the molecule is CCCNC(N)=O.CCN(Cc1ccc(C)o1)C(=O)OCc1ccc(NC(=O)CNC(=O)C(N)C(C)C)cc1.O=CO. The van der Waals surface area contributed by atoms with Gasteiger partial charge in [-0.15, -0.1) is 0 Å². The van der Waals surface area contributed by atoms with Crippen LogP contribution in [0.25, 0.3) is 0 Å². The topological polar surface area (TPSA) is 219 Å². The van der Waals surface area contributed by atoms with E-state index in [1.807, 2.05) is 46.8 Å². The molecule has 0 aliphatic rings. The Morgan fingerprint density at radius 1 is 1.07 bits per heavy atom. The van der Waals surface area contributed by atoms with Crippen LogP contribution in [0.5, 0.6) is 0 Å². The van der Waals surface area contributed by atoms with E-state index < -0.39 is 18.2 Å². The Bertz CT molecular complexity index is 1100. The number of carbonyl (C=O) groups is 5. The van der Waals surface area contributed by atoms with E-state index in [0.29, 0.717) is 31.1 Å². The van der Waals surface area contributed by atoms with Gasteiger partial charge in [0.2, 0.25) is 11.8 Å². The summed E-state index contributed by atoms with van der Waals surface area (Å²) >= 11 is 0. The summed E-state index contributed by atoms with van der Waals surface area (Å²) in [5, 5.41) is 14.5. The molecule has 1 unspecified atom stereocenters. The van der Waals surface area contributed by atoms with Gasteiger partial charge in [0.25, 0.3) is 6.47 Å². The number of carboxylic acid groups (broad SMARTS) is 1.